The second kappa shape index (κ2) is 6.22. The molecule has 0 aliphatic rings. The third-order valence-electron chi connectivity index (χ3n) is 3.01. The van der Waals surface area contributed by atoms with Gasteiger partial charge in [-0.3, -0.25) is 0 Å². The molecule has 0 aliphatic heterocycles. The van der Waals surface area contributed by atoms with Gasteiger partial charge in [0.1, 0.15) is 12.4 Å². The van der Waals surface area contributed by atoms with Gasteiger partial charge in [-0.25, -0.2) is 0 Å². The fourth-order valence-corrected chi connectivity index (χ4v) is 2.35. The van der Waals surface area contributed by atoms with E-state index in [-0.39, 0.29) is 6.04 Å². The summed E-state index contributed by atoms with van der Waals surface area (Å²) >= 11 is 3.46. The molecule has 0 aliphatic carbocycles. The van der Waals surface area contributed by atoms with Gasteiger partial charge in [-0.05, 0) is 48.7 Å². The predicted molar refractivity (Wildman–Crippen MR) is 82.3 cm³/mol. The smallest absolute Gasteiger partial charge is 0.122 e. The van der Waals surface area contributed by atoms with E-state index in [1.54, 1.807) is 0 Å². The molecule has 19 heavy (non-hydrogen) atoms. The number of benzene rings is 2. The van der Waals surface area contributed by atoms with Crippen molar-refractivity contribution in [2.45, 2.75) is 26.5 Å². The molecule has 2 N–H and O–H groups in total. The number of hydrogen-bond acceptors (Lipinski definition) is 2. The van der Waals surface area contributed by atoms with Crippen LogP contribution in [0.5, 0.6) is 5.75 Å². The van der Waals surface area contributed by atoms with Gasteiger partial charge in [-0.1, -0.05) is 40.2 Å². The molecule has 0 spiro atoms. The molecule has 100 valence electrons. The fraction of sp³-hybridized carbons (Fsp3) is 0.250. The lowest BCUT2D eigenvalue weighted by Gasteiger charge is -2.12. The van der Waals surface area contributed by atoms with Gasteiger partial charge in [-0.15, -0.1) is 0 Å². The van der Waals surface area contributed by atoms with Crippen LogP contribution >= 0.6 is 15.9 Å². The highest BCUT2D eigenvalue weighted by Crippen LogP contribution is 2.23. The van der Waals surface area contributed by atoms with E-state index in [9.17, 15) is 0 Å². The zero-order valence-electron chi connectivity index (χ0n) is 11.2. The Labute approximate surface area is 122 Å². The van der Waals surface area contributed by atoms with Crippen molar-refractivity contribution in [2.24, 2.45) is 5.73 Å². The number of aryl methyl sites for hydroxylation is 1. The number of nitrogens with two attached hydrogens (primary N) is 1. The van der Waals surface area contributed by atoms with E-state index in [2.05, 4.69) is 34.1 Å². The second-order valence-electron chi connectivity index (χ2n) is 4.73. The first kappa shape index (κ1) is 14.1. The second-order valence-corrected chi connectivity index (χ2v) is 5.65. The van der Waals surface area contributed by atoms with Crippen LogP contribution in [0.3, 0.4) is 0 Å². The van der Waals surface area contributed by atoms with Crippen molar-refractivity contribution in [3.05, 3.63) is 63.6 Å². The summed E-state index contributed by atoms with van der Waals surface area (Å²) in [5, 5.41) is 0. The van der Waals surface area contributed by atoms with E-state index in [4.69, 9.17) is 10.5 Å². The van der Waals surface area contributed by atoms with Crippen LogP contribution in [-0.2, 0) is 6.61 Å². The summed E-state index contributed by atoms with van der Waals surface area (Å²) in [4.78, 5) is 0. The first-order valence-electron chi connectivity index (χ1n) is 6.29. The predicted octanol–water partition coefficient (Wildman–Crippen LogP) is 4.36. The summed E-state index contributed by atoms with van der Waals surface area (Å²) in [7, 11) is 0. The van der Waals surface area contributed by atoms with Gasteiger partial charge in [-0.2, -0.15) is 0 Å². The van der Waals surface area contributed by atoms with Crippen molar-refractivity contribution >= 4 is 15.9 Å². The highest BCUT2D eigenvalue weighted by atomic mass is 79.9. The summed E-state index contributed by atoms with van der Waals surface area (Å²) in [6.07, 6.45) is 0. The van der Waals surface area contributed by atoms with E-state index < -0.39 is 0 Å². The standard InChI is InChI=1S/C16H18BrNO/c1-11-8-14(12(2)18)6-7-16(11)19-10-13-4-3-5-15(17)9-13/h3-9,12H,10,18H2,1-2H3/t12-/m0/s1. The molecule has 0 amide bonds. The minimum atomic E-state index is 0.0535. The number of rotatable bonds is 4. The Hall–Kier alpha value is -1.32. The molecule has 0 bridgehead atoms. The molecule has 2 nitrogen and oxygen atoms in total. The molecule has 0 unspecified atom stereocenters. The maximum Gasteiger partial charge on any atom is 0.122 e. The lowest BCUT2D eigenvalue weighted by molar-refractivity contribution is 0.304. The van der Waals surface area contributed by atoms with Crippen LogP contribution in [0.25, 0.3) is 0 Å². The quantitative estimate of drug-likeness (QED) is 0.908. The molecular formula is C16H18BrNO. The Kier molecular flexibility index (Phi) is 4.61. The van der Waals surface area contributed by atoms with E-state index in [1.807, 2.05) is 38.1 Å². The molecule has 3 heteroatoms. The molecule has 1 atom stereocenters. The molecule has 0 saturated carbocycles. The summed E-state index contributed by atoms with van der Waals surface area (Å²) in [5.41, 5.74) is 9.26. The largest absolute Gasteiger partial charge is 0.489 e. The molecule has 0 heterocycles. The fourth-order valence-electron chi connectivity index (χ4n) is 1.91. The minimum Gasteiger partial charge on any atom is -0.489 e. The third kappa shape index (κ3) is 3.82. The van der Waals surface area contributed by atoms with Crippen LogP contribution in [0.1, 0.15) is 29.7 Å². The average Bonchev–Trinajstić information content (AvgIpc) is 2.37. The lowest BCUT2D eigenvalue weighted by Crippen LogP contribution is -2.05. The van der Waals surface area contributed by atoms with Gasteiger partial charge in [0.25, 0.3) is 0 Å². The first-order valence-corrected chi connectivity index (χ1v) is 7.09. The molecule has 2 rings (SSSR count). The Morgan fingerprint density at radius 2 is 2.00 bits per heavy atom. The van der Waals surface area contributed by atoms with Crippen LogP contribution in [0, 0.1) is 6.92 Å². The van der Waals surface area contributed by atoms with E-state index >= 15 is 0 Å². The van der Waals surface area contributed by atoms with E-state index in [0.717, 1.165) is 26.9 Å². The Morgan fingerprint density at radius 1 is 1.21 bits per heavy atom. The Morgan fingerprint density at radius 3 is 2.63 bits per heavy atom. The highest BCUT2D eigenvalue weighted by Gasteiger charge is 2.04. The Balaban J connectivity index is 2.07. The van der Waals surface area contributed by atoms with Crippen molar-refractivity contribution in [3.8, 4) is 5.75 Å². The third-order valence-corrected chi connectivity index (χ3v) is 3.50. The van der Waals surface area contributed by atoms with Crippen LogP contribution in [0.15, 0.2) is 46.9 Å². The van der Waals surface area contributed by atoms with E-state index in [1.165, 1.54) is 0 Å². The number of halogens is 1. The molecule has 0 fully saturated rings. The lowest BCUT2D eigenvalue weighted by atomic mass is 10.1. The van der Waals surface area contributed by atoms with Crippen LogP contribution in [0.4, 0.5) is 0 Å². The highest BCUT2D eigenvalue weighted by molar-refractivity contribution is 9.10. The van der Waals surface area contributed by atoms with Crippen LogP contribution in [0.2, 0.25) is 0 Å². The molecule has 2 aromatic rings. The monoisotopic (exact) mass is 319 g/mol. The minimum absolute atomic E-state index is 0.0535. The molecule has 0 saturated heterocycles. The maximum absolute atomic E-state index is 5.87. The van der Waals surface area contributed by atoms with E-state index in [0.29, 0.717) is 6.61 Å². The molecule has 0 radical (unpaired) electrons. The van der Waals surface area contributed by atoms with Gasteiger partial charge in [0, 0.05) is 10.5 Å². The SMILES string of the molecule is Cc1cc([C@H](C)N)ccc1OCc1cccc(Br)c1. The van der Waals surface area contributed by atoms with Gasteiger partial charge < -0.3 is 10.5 Å². The van der Waals surface area contributed by atoms with Gasteiger partial charge in [0.2, 0.25) is 0 Å². The summed E-state index contributed by atoms with van der Waals surface area (Å²) in [6.45, 7) is 4.59. The van der Waals surface area contributed by atoms with Crippen molar-refractivity contribution in [1.82, 2.24) is 0 Å². The van der Waals surface area contributed by atoms with Crippen molar-refractivity contribution < 1.29 is 4.74 Å². The zero-order chi connectivity index (χ0) is 13.8. The summed E-state index contributed by atoms with van der Waals surface area (Å²) < 4.78 is 6.92. The summed E-state index contributed by atoms with van der Waals surface area (Å²) in [5.74, 6) is 0.907. The van der Waals surface area contributed by atoms with Crippen LogP contribution in [-0.4, -0.2) is 0 Å². The van der Waals surface area contributed by atoms with Gasteiger partial charge >= 0.3 is 0 Å². The number of ether oxygens (including phenoxy) is 1. The topological polar surface area (TPSA) is 35.2 Å². The molecule has 2 aromatic carbocycles. The molecular weight excluding hydrogens is 302 g/mol. The van der Waals surface area contributed by atoms with Gasteiger partial charge in [0.05, 0.1) is 0 Å². The maximum atomic E-state index is 5.87. The summed E-state index contributed by atoms with van der Waals surface area (Å²) in [6, 6.07) is 14.3. The van der Waals surface area contributed by atoms with Crippen molar-refractivity contribution in [3.63, 3.8) is 0 Å². The first-order chi connectivity index (χ1) is 9.06. The zero-order valence-corrected chi connectivity index (χ0v) is 12.8. The number of hydrogen-bond donors (Lipinski definition) is 1. The van der Waals surface area contributed by atoms with Crippen LogP contribution < -0.4 is 10.5 Å². The normalized spacial score (nSPS) is 12.2. The van der Waals surface area contributed by atoms with Crippen molar-refractivity contribution in [2.75, 3.05) is 0 Å². The Bertz CT molecular complexity index is 566. The average molecular weight is 320 g/mol. The van der Waals surface area contributed by atoms with Crippen molar-refractivity contribution in [1.29, 1.82) is 0 Å². The molecule has 0 aromatic heterocycles. The van der Waals surface area contributed by atoms with Gasteiger partial charge in [0.15, 0.2) is 0 Å².